The van der Waals surface area contributed by atoms with Gasteiger partial charge in [0, 0.05) is 47.7 Å². The van der Waals surface area contributed by atoms with Gasteiger partial charge in [0.15, 0.2) is 5.65 Å². The number of pyridine rings is 1. The smallest absolute Gasteiger partial charge is 0.327 e. The maximum absolute atomic E-state index is 13.6. The Bertz CT molecular complexity index is 1900. The van der Waals surface area contributed by atoms with E-state index in [1.807, 2.05) is 46.0 Å². The van der Waals surface area contributed by atoms with Crippen LogP contribution in [0.15, 0.2) is 59.9 Å². The monoisotopic (exact) mass is 569 g/mol. The number of benzene rings is 1. The van der Waals surface area contributed by atoms with Crippen molar-refractivity contribution in [2.45, 2.75) is 44.9 Å². The summed E-state index contributed by atoms with van der Waals surface area (Å²) in [5.41, 5.74) is 3.10. The lowest BCUT2D eigenvalue weighted by Gasteiger charge is -2.32. The summed E-state index contributed by atoms with van der Waals surface area (Å²) in [6, 6.07) is 11.1. The van der Waals surface area contributed by atoms with E-state index in [9.17, 15) is 14.7 Å². The fourth-order valence-corrected chi connectivity index (χ4v) is 5.61. The van der Waals surface area contributed by atoms with Gasteiger partial charge in [0.2, 0.25) is 5.91 Å². The summed E-state index contributed by atoms with van der Waals surface area (Å²) < 4.78 is 3.57. The van der Waals surface area contributed by atoms with Crippen LogP contribution >= 0.6 is 11.6 Å². The first kappa shape index (κ1) is 26.7. The number of hydrogen-bond acceptors (Lipinski definition) is 6. The number of aliphatic hydroxyl groups is 1. The number of piperidine rings is 1. The zero-order valence-electron chi connectivity index (χ0n) is 22.6. The highest BCUT2D eigenvalue weighted by molar-refractivity contribution is 6.33. The van der Waals surface area contributed by atoms with E-state index in [1.165, 1.54) is 6.33 Å². The third-order valence-electron chi connectivity index (χ3n) is 7.28. The Hall–Kier alpha value is -4.46. The molecule has 6 rings (SSSR count). The molecule has 0 radical (unpaired) electrons. The highest BCUT2D eigenvalue weighted by Gasteiger charge is 2.27. The molecule has 1 aliphatic rings. The molecule has 5 heterocycles. The molecule has 1 amide bonds. The maximum Gasteiger partial charge on any atom is 0.327 e. The number of likely N-dealkylation sites (tertiary alicyclic amines) is 1. The van der Waals surface area contributed by atoms with E-state index < -0.39 is 5.60 Å². The predicted molar refractivity (Wildman–Crippen MR) is 156 cm³/mol. The Balaban J connectivity index is 1.30. The summed E-state index contributed by atoms with van der Waals surface area (Å²) in [5.74, 6) is 5.72. The van der Waals surface area contributed by atoms with Crippen molar-refractivity contribution >= 4 is 39.7 Å². The van der Waals surface area contributed by atoms with E-state index in [1.54, 1.807) is 30.7 Å². The Morgan fingerprint density at radius 3 is 2.66 bits per heavy atom. The second-order valence-corrected chi connectivity index (χ2v) is 11.1. The third-order valence-corrected chi connectivity index (χ3v) is 7.61. The number of imidazole rings is 1. The van der Waals surface area contributed by atoms with Crippen molar-refractivity contribution in [3.8, 4) is 23.0 Å². The Morgan fingerprint density at radius 2 is 1.90 bits per heavy atom. The van der Waals surface area contributed by atoms with E-state index >= 15 is 0 Å². The molecule has 1 saturated heterocycles. The molecule has 0 spiro atoms. The summed E-state index contributed by atoms with van der Waals surface area (Å²) in [7, 11) is 0. The molecule has 0 bridgehead atoms. The largest absolute Gasteiger partial charge is 0.378 e. The lowest BCUT2D eigenvalue weighted by Crippen LogP contribution is -2.41. The molecule has 10 nitrogen and oxygen atoms in total. The van der Waals surface area contributed by atoms with E-state index in [0.29, 0.717) is 53.3 Å². The van der Waals surface area contributed by atoms with Crippen LogP contribution in [0.2, 0.25) is 5.02 Å². The fraction of sp³-hybridized carbons (Fsp3) is 0.300. The van der Waals surface area contributed by atoms with Crippen LogP contribution in [0, 0.1) is 11.8 Å². The first-order valence-electron chi connectivity index (χ1n) is 13.4. The van der Waals surface area contributed by atoms with E-state index in [0.717, 1.165) is 16.6 Å². The molecule has 1 aromatic carbocycles. The van der Waals surface area contributed by atoms with Gasteiger partial charge in [-0.05, 0) is 50.8 Å². The number of carbonyl (C=O) groups is 1. The summed E-state index contributed by atoms with van der Waals surface area (Å²) in [6.45, 7) is 4.27. The molecule has 41 heavy (non-hydrogen) atoms. The number of fused-ring (bicyclic) bond motifs is 2. The van der Waals surface area contributed by atoms with Crippen LogP contribution in [-0.2, 0) is 11.3 Å². The lowest BCUT2D eigenvalue weighted by atomic mass is 10.0. The Labute approximate surface area is 240 Å². The second kappa shape index (κ2) is 10.5. The molecule has 4 aromatic heterocycles. The van der Waals surface area contributed by atoms with Gasteiger partial charge in [-0.3, -0.25) is 14.3 Å². The molecule has 11 heteroatoms. The first-order chi connectivity index (χ1) is 19.7. The molecule has 2 N–H and O–H groups in total. The summed E-state index contributed by atoms with van der Waals surface area (Å²) in [6.07, 6.45) is 6.24. The van der Waals surface area contributed by atoms with Crippen molar-refractivity contribution < 1.29 is 9.90 Å². The van der Waals surface area contributed by atoms with Gasteiger partial charge in [-0.15, -0.1) is 0 Å². The van der Waals surface area contributed by atoms with Gasteiger partial charge in [-0.2, -0.15) is 0 Å². The SMILES string of the molecule is CC(C)(O)C#Cc1ncnc2c(-c3ccccc3Cl)cn(CC(=O)N3CCC(n4c(=O)[nH]c5ncccc54)CC3)c12. The zero-order chi connectivity index (χ0) is 28.7. The van der Waals surface area contributed by atoms with Crippen LogP contribution in [0.1, 0.15) is 38.4 Å². The molecule has 0 atom stereocenters. The van der Waals surface area contributed by atoms with Crippen LogP contribution in [-0.4, -0.2) is 63.7 Å². The molecule has 5 aromatic rings. The minimum absolute atomic E-state index is 0.0270. The summed E-state index contributed by atoms with van der Waals surface area (Å²) >= 11 is 6.54. The van der Waals surface area contributed by atoms with Crippen molar-refractivity contribution in [3.63, 3.8) is 0 Å². The van der Waals surface area contributed by atoms with E-state index in [2.05, 4.69) is 31.8 Å². The topological polar surface area (TPSA) is 122 Å². The molecule has 1 fully saturated rings. The van der Waals surface area contributed by atoms with Gasteiger partial charge in [-0.1, -0.05) is 35.7 Å². The minimum Gasteiger partial charge on any atom is -0.378 e. The predicted octanol–water partition coefficient (Wildman–Crippen LogP) is 3.78. The average molecular weight is 570 g/mol. The number of nitrogens with zero attached hydrogens (tertiary/aromatic N) is 6. The van der Waals surface area contributed by atoms with Crippen LogP contribution in [0.25, 0.3) is 33.3 Å². The highest BCUT2D eigenvalue weighted by atomic mass is 35.5. The molecule has 1 aliphatic heterocycles. The molecule has 208 valence electrons. The van der Waals surface area contributed by atoms with Crippen molar-refractivity contribution in [1.29, 1.82) is 0 Å². The molecule has 0 saturated carbocycles. The number of rotatable bonds is 4. The summed E-state index contributed by atoms with van der Waals surface area (Å²) in [5, 5.41) is 10.8. The van der Waals surface area contributed by atoms with Crippen LogP contribution in [0.3, 0.4) is 0 Å². The number of aromatic nitrogens is 6. The number of hydrogen-bond donors (Lipinski definition) is 2. The van der Waals surface area contributed by atoms with Gasteiger partial charge < -0.3 is 14.6 Å². The number of halogens is 1. The van der Waals surface area contributed by atoms with Gasteiger partial charge in [0.05, 0.1) is 5.52 Å². The van der Waals surface area contributed by atoms with Crippen molar-refractivity contribution in [2.75, 3.05) is 13.1 Å². The van der Waals surface area contributed by atoms with Crippen LogP contribution in [0.5, 0.6) is 0 Å². The van der Waals surface area contributed by atoms with Gasteiger partial charge in [0.1, 0.15) is 35.2 Å². The molecular formula is C30H28ClN7O3. The minimum atomic E-state index is -1.22. The molecule has 0 unspecified atom stereocenters. The average Bonchev–Trinajstić information content (AvgIpc) is 3.49. The first-order valence-corrected chi connectivity index (χ1v) is 13.7. The lowest BCUT2D eigenvalue weighted by molar-refractivity contribution is -0.133. The number of nitrogens with one attached hydrogen (secondary N) is 1. The standard InChI is InChI=1S/C30H28ClN7O3/c1-30(2,41)12-9-23-27-26(34-18-33-23)21(20-6-3-4-7-22(20)31)16-37(27)17-25(39)36-14-10-19(11-15-36)38-24-8-5-13-32-28(24)35-29(38)40/h3-8,13,16,18-19,41H,10-11,14-15,17H2,1-2H3,(H,32,35,40). The quantitative estimate of drug-likeness (QED) is 0.318. The second-order valence-electron chi connectivity index (χ2n) is 10.7. The number of aromatic amines is 1. The van der Waals surface area contributed by atoms with Crippen molar-refractivity contribution in [2.24, 2.45) is 0 Å². The van der Waals surface area contributed by atoms with Crippen molar-refractivity contribution in [3.05, 3.63) is 76.3 Å². The maximum atomic E-state index is 13.6. The number of H-pyrrole nitrogens is 1. The Kier molecular flexibility index (Phi) is 6.85. The van der Waals surface area contributed by atoms with Gasteiger partial charge >= 0.3 is 5.69 Å². The van der Waals surface area contributed by atoms with E-state index in [-0.39, 0.29) is 24.2 Å². The van der Waals surface area contributed by atoms with E-state index in [4.69, 9.17) is 11.6 Å². The molecule has 0 aliphatic carbocycles. The normalized spacial score (nSPS) is 14.4. The van der Waals surface area contributed by atoms with Gasteiger partial charge in [0.25, 0.3) is 0 Å². The fourth-order valence-electron chi connectivity index (χ4n) is 5.37. The summed E-state index contributed by atoms with van der Waals surface area (Å²) in [4.78, 5) is 44.0. The third kappa shape index (κ3) is 5.22. The number of carbonyl (C=O) groups excluding carboxylic acids is 1. The van der Waals surface area contributed by atoms with Crippen LogP contribution in [0.4, 0.5) is 0 Å². The highest BCUT2D eigenvalue weighted by Crippen LogP contribution is 2.35. The zero-order valence-corrected chi connectivity index (χ0v) is 23.4. The van der Waals surface area contributed by atoms with Gasteiger partial charge in [-0.25, -0.2) is 19.7 Å². The Morgan fingerprint density at radius 1 is 1.12 bits per heavy atom. The van der Waals surface area contributed by atoms with Crippen molar-refractivity contribution in [1.82, 2.24) is 34.0 Å². The number of amides is 1. The molecular weight excluding hydrogens is 542 g/mol. The van der Waals surface area contributed by atoms with Crippen LogP contribution < -0.4 is 5.69 Å².